The first kappa shape index (κ1) is 16.6. The van der Waals surface area contributed by atoms with E-state index in [2.05, 4.69) is 17.2 Å². The molecule has 1 aliphatic carbocycles. The van der Waals surface area contributed by atoms with Crippen molar-refractivity contribution in [3.63, 3.8) is 0 Å². The molecule has 0 aromatic heterocycles. The standard InChI is InChI=1S/C16H32N2O/c1-2-3-4-5-6-7-8-9-10-11-15-17-18-16(19)13-12-14-16/h19H,2-15H2,1H3. The summed E-state index contributed by atoms with van der Waals surface area (Å²) in [5, 5.41) is 17.8. The van der Waals surface area contributed by atoms with Crippen LogP contribution in [0.15, 0.2) is 10.2 Å². The number of rotatable bonds is 12. The normalized spacial score (nSPS) is 17.8. The lowest BCUT2D eigenvalue weighted by atomic mass is 9.89. The molecule has 1 rings (SSSR count). The van der Waals surface area contributed by atoms with Crippen LogP contribution in [0.4, 0.5) is 0 Å². The highest BCUT2D eigenvalue weighted by molar-refractivity contribution is 4.83. The Morgan fingerprint density at radius 3 is 1.84 bits per heavy atom. The second kappa shape index (κ2) is 10.4. The summed E-state index contributed by atoms with van der Waals surface area (Å²) < 4.78 is 0. The molecule has 0 aliphatic heterocycles. The first-order valence-corrected chi connectivity index (χ1v) is 8.38. The van der Waals surface area contributed by atoms with Crippen molar-refractivity contribution in [1.29, 1.82) is 0 Å². The minimum Gasteiger partial charge on any atom is -0.368 e. The monoisotopic (exact) mass is 268 g/mol. The molecule has 1 N–H and O–H groups in total. The third kappa shape index (κ3) is 8.35. The van der Waals surface area contributed by atoms with Crippen LogP contribution in [0.2, 0.25) is 0 Å². The molecule has 0 unspecified atom stereocenters. The van der Waals surface area contributed by atoms with Gasteiger partial charge < -0.3 is 5.11 Å². The summed E-state index contributed by atoms with van der Waals surface area (Å²) in [6, 6.07) is 0. The second-order valence-corrected chi connectivity index (χ2v) is 5.98. The molecule has 1 saturated carbocycles. The van der Waals surface area contributed by atoms with E-state index >= 15 is 0 Å². The minimum atomic E-state index is -0.779. The van der Waals surface area contributed by atoms with Gasteiger partial charge in [0, 0.05) is 0 Å². The van der Waals surface area contributed by atoms with Gasteiger partial charge in [-0.1, -0.05) is 64.7 Å². The lowest BCUT2D eigenvalue weighted by molar-refractivity contribution is -0.0315. The van der Waals surface area contributed by atoms with Crippen molar-refractivity contribution in [3.8, 4) is 0 Å². The highest BCUT2D eigenvalue weighted by atomic mass is 16.3. The van der Waals surface area contributed by atoms with E-state index in [1.165, 1.54) is 57.8 Å². The van der Waals surface area contributed by atoms with E-state index in [-0.39, 0.29) is 0 Å². The third-order valence-corrected chi connectivity index (χ3v) is 4.02. The molecular weight excluding hydrogens is 236 g/mol. The number of aliphatic hydroxyl groups is 1. The molecule has 0 spiro atoms. The zero-order valence-electron chi connectivity index (χ0n) is 12.7. The van der Waals surface area contributed by atoms with Crippen LogP contribution in [-0.2, 0) is 0 Å². The molecule has 0 amide bonds. The molecule has 0 aromatic carbocycles. The molecule has 0 atom stereocenters. The molecule has 19 heavy (non-hydrogen) atoms. The van der Waals surface area contributed by atoms with Crippen molar-refractivity contribution in [2.45, 2.75) is 96.1 Å². The van der Waals surface area contributed by atoms with Crippen molar-refractivity contribution in [2.24, 2.45) is 10.2 Å². The topological polar surface area (TPSA) is 45.0 Å². The summed E-state index contributed by atoms with van der Waals surface area (Å²) in [6.07, 6.45) is 16.1. The molecule has 0 aromatic rings. The van der Waals surface area contributed by atoms with Crippen molar-refractivity contribution in [1.82, 2.24) is 0 Å². The molecule has 1 fully saturated rings. The summed E-state index contributed by atoms with van der Waals surface area (Å²) in [5.74, 6) is 0. The van der Waals surface area contributed by atoms with Gasteiger partial charge in [-0.2, -0.15) is 10.2 Å². The van der Waals surface area contributed by atoms with Gasteiger partial charge in [0.05, 0.1) is 6.54 Å². The van der Waals surface area contributed by atoms with E-state index in [9.17, 15) is 5.11 Å². The number of hydrogen-bond donors (Lipinski definition) is 1. The Bertz CT molecular complexity index is 237. The average molecular weight is 268 g/mol. The predicted molar refractivity (Wildman–Crippen MR) is 80.4 cm³/mol. The Kier molecular flexibility index (Phi) is 9.06. The van der Waals surface area contributed by atoms with Gasteiger partial charge in [-0.25, -0.2) is 0 Å². The zero-order chi connectivity index (χ0) is 13.8. The Hall–Kier alpha value is -0.440. The molecule has 0 saturated heterocycles. The van der Waals surface area contributed by atoms with E-state index in [1.807, 2.05) is 0 Å². The van der Waals surface area contributed by atoms with Gasteiger partial charge in [0.1, 0.15) is 0 Å². The third-order valence-electron chi connectivity index (χ3n) is 4.02. The minimum absolute atomic E-state index is 0.779. The summed E-state index contributed by atoms with van der Waals surface area (Å²) in [4.78, 5) is 0. The molecular formula is C16H32N2O. The van der Waals surface area contributed by atoms with Gasteiger partial charge >= 0.3 is 0 Å². The second-order valence-electron chi connectivity index (χ2n) is 5.98. The number of nitrogens with zero attached hydrogens (tertiary/aromatic N) is 2. The van der Waals surface area contributed by atoms with Gasteiger partial charge in [-0.15, -0.1) is 0 Å². The summed E-state index contributed by atoms with van der Waals surface area (Å²) >= 11 is 0. The van der Waals surface area contributed by atoms with Crippen LogP contribution in [0.1, 0.15) is 90.4 Å². The Labute approximate surface area is 118 Å². The van der Waals surface area contributed by atoms with Crippen LogP contribution >= 0.6 is 0 Å². The number of unbranched alkanes of at least 4 members (excludes halogenated alkanes) is 9. The van der Waals surface area contributed by atoms with Gasteiger partial charge in [0.2, 0.25) is 0 Å². The largest absolute Gasteiger partial charge is 0.368 e. The van der Waals surface area contributed by atoms with Crippen molar-refractivity contribution in [3.05, 3.63) is 0 Å². The Morgan fingerprint density at radius 2 is 1.37 bits per heavy atom. The van der Waals surface area contributed by atoms with E-state index in [0.717, 1.165) is 32.2 Å². The smallest absolute Gasteiger partial charge is 0.176 e. The fraction of sp³-hybridized carbons (Fsp3) is 1.00. The molecule has 3 nitrogen and oxygen atoms in total. The van der Waals surface area contributed by atoms with Crippen molar-refractivity contribution in [2.75, 3.05) is 6.54 Å². The summed E-state index contributed by atoms with van der Waals surface area (Å²) in [5.41, 5.74) is -0.779. The van der Waals surface area contributed by atoms with Gasteiger partial charge in [-0.3, -0.25) is 0 Å². The SMILES string of the molecule is CCCCCCCCCCCCN=NC1(O)CCC1. The molecule has 1 aliphatic rings. The van der Waals surface area contributed by atoms with Crippen LogP contribution < -0.4 is 0 Å². The van der Waals surface area contributed by atoms with E-state index in [1.54, 1.807) is 0 Å². The lowest BCUT2D eigenvalue weighted by Crippen LogP contribution is -2.33. The van der Waals surface area contributed by atoms with Gasteiger partial charge in [0.15, 0.2) is 5.72 Å². The maximum Gasteiger partial charge on any atom is 0.176 e. The average Bonchev–Trinajstić information content (AvgIpc) is 2.38. The molecule has 112 valence electrons. The van der Waals surface area contributed by atoms with Crippen LogP contribution in [0.25, 0.3) is 0 Å². The fourth-order valence-electron chi connectivity index (χ4n) is 2.44. The van der Waals surface area contributed by atoms with E-state index in [0.29, 0.717) is 0 Å². The van der Waals surface area contributed by atoms with Crippen molar-refractivity contribution >= 4 is 0 Å². The maximum atomic E-state index is 9.71. The highest BCUT2D eigenvalue weighted by Crippen LogP contribution is 2.32. The van der Waals surface area contributed by atoms with E-state index < -0.39 is 5.72 Å². The highest BCUT2D eigenvalue weighted by Gasteiger charge is 2.34. The van der Waals surface area contributed by atoms with Crippen LogP contribution in [0.5, 0.6) is 0 Å². The quantitative estimate of drug-likeness (QED) is 0.382. The van der Waals surface area contributed by atoms with Crippen LogP contribution in [-0.4, -0.2) is 17.4 Å². The molecule has 0 bridgehead atoms. The Balaban J connectivity index is 1.76. The Morgan fingerprint density at radius 1 is 0.842 bits per heavy atom. The van der Waals surface area contributed by atoms with E-state index in [4.69, 9.17) is 0 Å². The van der Waals surface area contributed by atoms with Crippen LogP contribution in [0, 0.1) is 0 Å². The molecule has 0 radical (unpaired) electrons. The first-order chi connectivity index (χ1) is 9.27. The summed E-state index contributed by atoms with van der Waals surface area (Å²) in [6.45, 7) is 3.06. The molecule has 0 heterocycles. The predicted octanol–water partition coefficient (Wildman–Crippen LogP) is 5.23. The summed E-state index contributed by atoms with van der Waals surface area (Å²) in [7, 11) is 0. The fourth-order valence-corrected chi connectivity index (χ4v) is 2.44. The van der Waals surface area contributed by atoms with Gasteiger partial charge in [-0.05, 0) is 25.7 Å². The van der Waals surface area contributed by atoms with Crippen molar-refractivity contribution < 1.29 is 5.11 Å². The van der Waals surface area contributed by atoms with Crippen LogP contribution in [0.3, 0.4) is 0 Å². The molecule has 3 heteroatoms. The number of hydrogen-bond acceptors (Lipinski definition) is 3. The zero-order valence-corrected chi connectivity index (χ0v) is 12.7. The first-order valence-electron chi connectivity index (χ1n) is 8.38. The number of azo groups is 1. The van der Waals surface area contributed by atoms with Gasteiger partial charge in [0.25, 0.3) is 0 Å². The lowest BCUT2D eigenvalue weighted by Gasteiger charge is -2.30. The maximum absolute atomic E-state index is 9.71.